The molecule has 0 atom stereocenters. The minimum Gasteiger partial charge on any atom is -0.381 e. The first-order valence-corrected chi connectivity index (χ1v) is 4.29. The van der Waals surface area contributed by atoms with Crippen LogP contribution in [0.3, 0.4) is 0 Å². The molecule has 1 aliphatic rings. The predicted octanol–water partition coefficient (Wildman–Crippen LogP) is 0.776. The molecule has 0 unspecified atom stereocenters. The topological polar surface area (TPSA) is 44.5 Å². The van der Waals surface area contributed by atoms with Crippen LogP contribution >= 0.6 is 0 Å². The van der Waals surface area contributed by atoms with Crippen LogP contribution in [0.25, 0.3) is 0 Å². The third-order valence-electron chi connectivity index (χ3n) is 2.61. The molecule has 1 aliphatic heterocycles. The summed E-state index contributed by atoms with van der Waals surface area (Å²) >= 11 is 0. The number of hydrogen-bond acceptors (Lipinski definition) is 3. The standard InChI is InChI=1S/C8H15F2NO2/c1-12-7(8(9,10)6-11)2-4-13-5-3-7/h2-6,11H2,1H3. The van der Waals surface area contributed by atoms with Gasteiger partial charge in [0, 0.05) is 33.2 Å². The van der Waals surface area contributed by atoms with Gasteiger partial charge in [-0.3, -0.25) is 0 Å². The Morgan fingerprint density at radius 3 is 2.38 bits per heavy atom. The second-order valence-corrected chi connectivity index (χ2v) is 3.22. The van der Waals surface area contributed by atoms with Gasteiger partial charge in [0.1, 0.15) is 5.60 Å². The van der Waals surface area contributed by atoms with Crippen LogP contribution in [0.2, 0.25) is 0 Å². The third-order valence-corrected chi connectivity index (χ3v) is 2.61. The van der Waals surface area contributed by atoms with E-state index in [-0.39, 0.29) is 12.8 Å². The van der Waals surface area contributed by atoms with Gasteiger partial charge in [0.25, 0.3) is 5.92 Å². The molecule has 0 amide bonds. The Labute approximate surface area is 76.2 Å². The Balaban J connectivity index is 2.78. The quantitative estimate of drug-likeness (QED) is 0.723. The van der Waals surface area contributed by atoms with E-state index in [1.165, 1.54) is 7.11 Å². The molecule has 1 saturated heterocycles. The Bertz CT molecular complexity index is 170. The maximum absolute atomic E-state index is 13.4. The average Bonchev–Trinajstić information content (AvgIpc) is 2.18. The van der Waals surface area contributed by atoms with E-state index in [0.29, 0.717) is 13.2 Å². The number of halogens is 2. The van der Waals surface area contributed by atoms with Crippen LogP contribution in [0.5, 0.6) is 0 Å². The molecule has 0 bridgehead atoms. The van der Waals surface area contributed by atoms with Crippen molar-refractivity contribution in [3.05, 3.63) is 0 Å². The van der Waals surface area contributed by atoms with Crippen molar-refractivity contribution in [2.24, 2.45) is 5.73 Å². The summed E-state index contributed by atoms with van der Waals surface area (Å²) in [5.74, 6) is -2.97. The lowest BCUT2D eigenvalue weighted by Crippen LogP contribution is -2.56. The van der Waals surface area contributed by atoms with Crippen molar-refractivity contribution < 1.29 is 18.3 Å². The zero-order valence-electron chi connectivity index (χ0n) is 7.69. The van der Waals surface area contributed by atoms with Crippen LogP contribution in [-0.4, -0.2) is 38.4 Å². The molecule has 0 aromatic rings. The molecule has 3 nitrogen and oxygen atoms in total. The molecule has 0 saturated carbocycles. The molecule has 2 N–H and O–H groups in total. The minimum absolute atomic E-state index is 0.202. The Morgan fingerprint density at radius 1 is 1.46 bits per heavy atom. The van der Waals surface area contributed by atoms with Gasteiger partial charge < -0.3 is 15.2 Å². The molecule has 78 valence electrons. The summed E-state index contributed by atoms with van der Waals surface area (Å²) in [6.07, 6.45) is 0.404. The van der Waals surface area contributed by atoms with Crippen molar-refractivity contribution in [2.75, 3.05) is 26.9 Å². The summed E-state index contributed by atoms with van der Waals surface area (Å²) < 4.78 is 36.7. The van der Waals surface area contributed by atoms with E-state index in [1.54, 1.807) is 0 Å². The largest absolute Gasteiger partial charge is 0.381 e. The molecule has 1 rings (SSSR count). The van der Waals surface area contributed by atoms with E-state index < -0.39 is 18.1 Å². The molecule has 1 heterocycles. The van der Waals surface area contributed by atoms with Gasteiger partial charge in [-0.15, -0.1) is 0 Å². The van der Waals surface area contributed by atoms with Gasteiger partial charge in [-0.2, -0.15) is 0 Å². The molecule has 1 fully saturated rings. The zero-order valence-corrected chi connectivity index (χ0v) is 7.69. The lowest BCUT2D eigenvalue weighted by atomic mass is 9.87. The Kier molecular flexibility index (Phi) is 3.21. The van der Waals surface area contributed by atoms with Gasteiger partial charge in [0.15, 0.2) is 0 Å². The van der Waals surface area contributed by atoms with Gasteiger partial charge in [0.05, 0.1) is 6.54 Å². The normalized spacial score (nSPS) is 23.1. The smallest absolute Gasteiger partial charge is 0.288 e. The molecular formula is C8H15F2NO2. The number of ether oxygens (including phenoxy) is 2. The maximum atomic E-state index is 13.4. The molecule has 13 heavy (non-hydrogen) atoms. The fraction of sp³-hybridized carbons (Fsp3) is 1.00. The third kappa shape index (κ3) is 1.82. The van der Waals surface area contributed by atoms with Gasteiger partial charge in [-0.1, -0.05) is 0 Å². The Morgan fingerprint density at radius 2 is 2.00 bits per heavy atom. The summed E-state index contributed by atoms with van der Waals surface area (Å²) in [4.78, 5) is 0. The first kappa shape index (κ1) is 10.8. The van der Waals surface area contributed by atoms with Gasteiger partial charge >= 0.3 is 0 Å². The van der Waals surface area contributed by atoms with E-state index in [0.717, 1.165) is 0 Å². The average molecular weight is 195 g/mol. The van der Waals surface area contributed by atoms with E-state index >= 15 is 0 Å². The van der Waals surface area contributed by atoms with Crippen LogP contribution in [0.4, 0.5) is 8.78 Å². The second kappa shape index (κ2) is 3.86. The number of rotatable bonds is 3. The minimum atomic E-state index is -2.97. The molecule has 0 radical (unpaired) electrons. The molecule has 0 aromatic heterocycles. The van der Waals surface area contributed by atoms with Crippen molar-refractivity contribution in [3.63, 3.8) is 0 Å². The van der Waals surface area contributed by atoms with E-state index in [4.69, 9.17) is 15.2 Å². The van der Waals surface area contributed by atoms with Crippen LogP contribution < -0.4 is 5.73 Å². The van der Waals surface area contributed by atoms with Gasteiger partial charge in [0.2, 0.25) is 0 Å². The highest BCUT2D eigenvalue weighted by Crippen LogP contribution is 2.38. The summed E-state index contributed by atoms with van der Waals surface area (Å²) in [5.41, 5.74) is 3.61. The number of methoxy groups -OCH3 is 1. The highest BCUT2D eigenvalue weighted by molar-refractivity contribution is 4.96. The number of nitrogens with two attached hydrogens (primary N) is 1. The van der Waals surface area contributed by atoms with Gasteiger partial charge in [-0.25, -0.2) is 8.78 Å². The van der Waals surface area contributed by atoms with E-state index in [2.05, 4.69) is 0 Å². The highest BCUT2D eigenvalue weighted by atomic mass is 19.3. The predicted molar refractivity (Wildman–Crippen MR) is 43.8 cm³/mol. The summed E-state index contributed by atoms with van der Waals surface area (Å²) in [5, 5.41) is 0. The SMILES string of the molecule is COC1(C(F)(F)CN)CCOCC1. The zero-order chi connectivity index (χ0) is 9.95. The van der Waals surface area contributed by atoms with Crippen LogP contribution in [-0.2, 0) is 9.47 Å². The first-order valence-electron chi connectivity index (χ1n) is 4.29. The first-order chi connectivity index (χ1) is 6.08. The van der Waals surface area contributed by atoms with Crippen LogP contribution in [0, 0.1) is 0 Å². The molecular weight excluding hydrogens is 180 g/mol. The van der Waals surface area contributed by atoms with Crippen molar-refractivity contribution in [1.29, 1.82) is 0 Å². The van der Waals surface area contributed by atoms with Crippen molar-refractivity contribution in [3.8, 4) is 0 Å². The lowest BCUT2D eigenvalue weighted by Gasteiger charge is -2.41. The fourth-order valence-electron chi connectivity index (χ4n) is 1.61. The van der Waals surface area contributed by atoms with E-state index in [1.807, 2.05) is 0 Å². The second-order valence-electron chi connectivity index (χ2n) is 3.22. The van der Waals surface area contributed by atoms with Crippen LogP contribution in [0.1, 0.15) is 12.8 Å². The fourth-order valence-corrected chi connectivity index (χ4v) is 1.61. The Hall–Kier alpha value is -0.260. The number of hydrogen-bond donors (Lipinski definition) is 1. The van der Waals surface area contributed by atoms with Crippen molar-refractivity contribution >= 4 is 0 Å². The lowest BCUT2D eigenvalue weighted by molar-refractivity contribution is -0.222. The summed E-state index contributed by atoms with van der Waals surface area (Å²) in [6.45, 7) is -0.0618. The van der Waals surface area contributed by atoms with Crippen molar-refractivity contribution in [2.45, 2.75) is 24.4 Å². The molecule has 0 aromatic carbocycles. The molecule has 0 spiro atoms. The van der Waals surface area contributed by atoms with Crippen molar-refractivity contribution in [1.82, 2.24) is 0 Å². The van der Waals surface area contributed by atoms with Gasteiger partial charge in [-0.05, 0) is 0 Å². The van der Waals surface area contributed by atoms with Crippen LogP contribution in [0.15, 0.2) is 0 Å². The monoisotopic (exact) mass is 195 g/mol. The highest BCUT2D eigenvalue weighted by Gasteiger charge is 2.53. The van der Waals surface area contributed by atoms with E-state index in [9.17, 15) is 8.78 Å². The number of alkyl halides is 2. The molecule has 0 aliphatic carbocycles. The summed E-state index contributed by atoms with van der Waals surface area (Å²) in [6, 6.07) is 0. The molecule has 5 heteroatoms. The summed E-state index contributed by atoms with van der Waals surface area (Å²) in [7, 11) is 1.30. The maximum Gasteiger partial charge on any atom is 0.288 e.